The molecule has 2 heterocycles. The summed E-state index contributed by atoms with van der Waals surface area (Å²) < 4.78 is 0. The Balaban J connectivity index is 2.19. The molecule has 2 aromatic rings. The van der Waals surface area contributed by atoms with Gasteiger partial charge in [0.15, 0.2) is 0 Å². The Morgan fingerprint density at radius 2 is 1.89 bits per heavy atom. The number of aryl methyl sites for hydroxylation is 2. The SMILES string of the molecule is Cc1cccc(CNc2nc(C)ccc2[N+](=O)[O-])n1. The van der Waals surface area contributed by atoms with Crippen molar-refractivity contribution >= 4 is 11.5 Å². The van der Waals surface area contributed by atoms with Crippen molar-refractivity contribution in [2.75, 3.05) is 5.32 Å². The van der Waals surface area contributed by atoms with Crippen LogP contribution in [0.5, 0.6) is 0 Å². The van der Waals surface area contributed by atoms with E-state index in [1.807, 2.05) is 25.1 Å². The van der Waals surface area contributed by atoms with Crippen LogP contribution < -0.4 is 5.32 Å². The maximum atomic E-state index is 10.9. The molecule has 0 saturated heterocycles. The average molecular weight is 258 g/mol. The van der Waals surface area contributed by atoms with E-state index >= 15 is 0 Å². The molecule has 6 heteroatoms. The third kappa shape index (κ3) is 3.25. The Kier molecular flexibility index (Phi) is 3.70. The number of nitrogens with one attached hydrogen (secondary N) is 1. The van der Waals surface area contributed by atoms with Gasteiger partial charge in [0.05, 0.1) is 17.2 Å². The zero-order valence-corrected chi connectivity index (χ0v) is 10.8. The predicted octanol–water partition coefficient (Wildman–Crippen LogP) is 2.61. The first-order valence-electron chi connectivity index (χ1n) is 5.84. The van der Waals surface area contributed by atoms with Gasteiger partial charge in [-0.15, -0.1) is 0 Å². The summed E-state index contributed by atoms with van der Waals surface area (Å²) in [5.74, 6) is 0.272. The van der Waals surface area contributed by atoms with Crippen molar-refractivity contribution < 1.29 is 4.92 Å². The highest BCUT2D eigenvalue weighted by Crippen LogP contribution is 2.22. The zero-order valence-electron chi connectivity index (χ0n) is 10.8. The van der Waals surface area contributed by atoms with Crippen LogP contribution in [0.4, 0.5) is 11.5 Å². The maximum Gasteiger partial charge on any atom is 0.311 e. The first kappa shape index (κ1) is 12.9. The van der Waals surface area contributed by atoms with E-state index in [9.17, 15) is 10.1 Å². The Labute approximate surface area is 110 Å². The molecule has 1 N–H and O–H groups in total. The minimum absolute atomic E-state index is 0.0294. The fourth-order valence-electron chi connectivity index (χ4n) is 1.70. The van der Waals surface area contributed by atoms with Gasteiger partial charge < -0.3 is 5.32 Å². The van der Waals surface area contributed by atoms with Crippen molar-refractivity contribution in [2.45, 2.75) is 20.4 Å². The van der Waals surface area contributed by atoms with Gasteiger partial charge in [0.1, 0.15) is 0 Å². The number of pyridine rings is 2. The molecule has 0 atom stereocenters. The number of nitro groups is 1. The van der Waals surface area contributed by atoms with Crippen molar-refractivity contribution in [1.82, 2.24) is 9.97 Å². The van der Waals surface area contributed by atoms with Gasteiger partial charge in [-0.3, -0.25) is 15.1 Å². The van der Waals surface area contributed by atoms with Gasteiger partial charge in [-0.1, -0.05) is 6.07 Å². The van der Waals surface area contributed by atoms with Crippen LogP contribution in [-0.4, -0.2) is 14.9 Å². The van der Waals surface area contributed by atoms with Crippen LogP contribution in [0.1, 0.15) is 17.1 Å². The molecule has 0 spiro atoms. The number of nitrogens with zero attached hydrogens (tertiary/aromatic N) is 3. The van der Waals surface area contributed by atoms with Gasteiger partial charge in [-0.25, -0.2) is 4.98 Å². The Morgan fingerprint density at radius 3 is 2.58 bits per heavy atom. The number of aromatic nitrogens is 2. The number of hydrogen-bond donors (Lipinski definition) is 1. The average Bonchev–Trinajstić information content (AvgIpc) is 2.36. The van der Waals surface area contributed by atoms with Crippen LogP contribution in [0.3, 0.4) is 0 Å². The minimum Gasteiger partial charge on any atom is -0.359 e. The van der Waals surface area contributed by atoms with Gasteiger partial charge in [-0.2, -0.15) is 0 Å². The highest BCUT2D eigenvalue weighted by Gasteiger charge is 2.14. The van der Waals surface area contributed by atoms with Crippen LogP contribution in [0.2, 0.25) is 0 Å². The molecule has 0 aliphatic carbocycles. The van der Waals surface area contributed by atoms with E-state index in [0.717, 1.165) is 17.1 Å². The van der Waals surface area contributed by atoms with E-state index < -0.39 is 4.92 Å². The topological polar surface area (TPSA) is 81.0 Å². The van der Waals surface area contributed by atoms with Gasteiger partial charge >= 0.3 is 5.69 Å². The maximum absolute atomic E-state index is 10.9. The minimum atomic E-state index is -0.446. The van der Waals surface area contributed by atoms with E-state index in [1.165, 1.54) is 6.07 Å². The van der Waals surface area contributed by atoms with Gasteiger partial charge in [0.25, 0.3) is 0 Å². The normalized spacial score (nSPS) is 10.2. The quantitative estimate of drug-likeness (QED) is 0.673. The number of anilines is 1. The molecule has 0 saturated carbocycles. The summed E-state index contributed by atoms with van der Waals surface area (Å²) in [4.78, 5) is 18.9. The number of rotatable bonds is 4. The number of hydrogen-bond acceptors (Lipinski definition) is 5. The zero-order chi connectivity index (χ0) is 13.8. The molecule has 0 amide bonds. The third-order valence-corrected chi connectivity index (χ3v) is 2.59. The lowest BCUT2D eigenvalue weighted by atomic mass is 10.3. The summed E-state index contributed by atoms with van der Waals surface area (Å²) >= 11 is 0. The second kappa shape index (κ2) is 5.43. The monoisotopic (exact) mass is 258 g/mol. The van der Waals surface area contributed by atoms with Crippen molar-refractivity contribution in [3.63, 3.8) is 0 Å². The van der Waals surface area contributed by atoms with Gasteiger partial charge in [-0.05, 0) is 32.0 Å². The lowest BCUT2D eigenvalue weighted by molar-refractivity contribution is -0.384. The summed E-state index contributed by atoms with van der Waals surface area (Å²) in [6.45, 7) is 4.09. The summed E-state index contributed by atoms with van der Waals surface area (Å²) in [5.41, 5.74) is 2.42. The van der Waals surface area contributed by atoms with Crippen molar-refractivity contribution in [3.8, 4) is 0 Å². The molecule has 0 radical (unpaired) electrons. The first-order chi connectivity index (χ1) is 9.06. The molecule has 0 unspecified atom stereocenters. The molecule has 0 aliphatic heterocycles. The van der Waals surface area contributed by atoms with Crippen molar-refractivity contribution in [2.24, 2.45) is 0 Å². The molecule has 19 heavy (non-hydrogen) atoms. The Bertz CT molecular complexity index is 613. The lowest BCUT2D eigenvalue weighted by Gasteiger charge is -2.07. The molecule has 0 fully saturated rings. The molecule has 0 aromatic carbocycles. The summed E-state index contributed by atoms with van der Waals surface area (Å²) in [6.07, 6.45) is 0. The lowest BCUT2D eigenvalue weighted by Crippen LogP contribution is -2.06. The highest BCUT2D eigenvalue weighted by atomic mass is 16.6. The van der Waals surface area contributed by atoms with Crippen LogP contribution >= 0.6 is 0 Å². The van der Waals surface area contributed by atoms with E-state index in [2.05, 4.69) is 15.3 Å². The van der Waals surface area contributed by atoms with E-state index in [-0.39, 0.29) is 11.5 Å². The second-order valence-corrected chi connectivity index (χ2v) is 4.20. The first-order valence-corrected chi connectivity index (χ1v) is 5.84. The van der Waals surface area contributed by atoms with Crippen LogP contribution in [-0.2, 0) is 6.54 Å². The van der Waals surface area contributed by atoms with Crippen LogP contribution in [0.25, 0.3) is 0 Å². The molecule has 2 aromatic heterocycles. The molecule has 0 bridgehead atoms. The largest absolute Gasteiger partial charge is 0.359 e. The third-order valence-electron chi connectivity index (χ3n) is 2.59. The fraction of sp³-hybridized carbons (Fsp3) is 0.231. The molecular formula is C13H14N4O2. The molecule has 6 nitrogen and oxygen atoms in total. The standard InChI is InChI=1S/C13H14N4O2/c1-9-4-3-5-11(15-9)8-14-13-12(17(18)19)7-6-10(2)16-13/h3-7H,8H2,1-2H3,(H,14,16). The Hall–Kier alpha value is -2.50. The smallest absolute Gasteiger partial charge is 0.311 e. The Morgan fingerprint density at radius 1 is 1.16 bits per heavy atom. The van der Waals surface area contributed by atoms with Gasteiger partial charge in [0, 0.05) is 17.5 Å². The van der Waals surface area contributed by atoms with E-state index in [1.54, 1.807) is 13.0 Å². The summed E-state index contributed by atoms with van der Waals surface area (Å²) in [7, 11) is 0. The van der Waals surface area contributed by atoms with Gasteiger partial charge in [0.2, 0.25) is 5.82 Å². The van der Waals surface area contributed by atoms with Crippen molar-refractivity contribution in [3.05, 3.63) is 57.5 Å². The van der Waals surface area contributed by atoms with Crippen molar-refractivity contribution in [1.29, 1.82) is 0 Å². The van der Waals surface area contributed by atoms with E-state index in [0.29, 0.717) is 6.54 Å². The van der Waals surface area contributed by atoms with Crippen LogP contribution in [0.15, 0.2) is 30.3 Å². The van der Waals surface area contributed by atoms with E-state index in [4.69, 9.17) is 0 Å². The van der Waals surface area contributed by atoms with Crippen LogP contribution in [0, 0.1) is 24.0 Å². The predicted molar refractivity (Wildman–Crippen MR) is 71.9 cm³/mol. The molecule has 98 valence electrons. The molecule has 2 rings (SSSR count). The molecular weight excluding hydrogens is 244 g/mol. The summed E-state index contributed by atoms with van der Waals surface area (Å²) in [6, 6.07) is 8.73. The molecule has 0 aliphatic rings. The summed E-state index contributed by atoms with van der Waals surface area (Å²) in [5, 5.41) is 13.9. The second-order valence-electron chi connectivity index (χ2n) is 4.20. The fourth-order valence-corrected chi connectivity index (χ4v) is 1.70. The highest BCUT2D eigenvalue weighted by molar-refractivity contribution is 5.56.